The SMILES string of the molecule is Cc1ccc2c(C)c(CCC(=O)N[C@H](C)c3cccc(S(N)(=O)=O)c3)c(=O)oc2c1. The highest BCUT2D eigenvalue weighted by Crippen LogP contribution is 2.22. The largest absolute Gasteiger partial charge is 0.423 e. The number of nitrogens with one attached hydrogen (secondary N) is 1. The van der Waals surface area contributed by atoms with E-state index in [2.05, 4.69) is 5.32 Å². The number of hydrogen-bond acceptors (Lipinski definition) is 5. The van der Waals surface area contributed by atoms with Crippen molar-refractivity contribution in [2.45, 2.75) is 44.6 Å². The van der Waals surface area contributed by atoms with E-state index in [-0.39, 0.29) is 23.6 Å². The number of fused-ring (bicyclic) bond motifs is 1. The van der Waals surface area contributed by atoms with Gasteiger partial charge in [0.2, 0.25) is 15.9 Å². The van der Waals surface area contributed by atoms with E-state index in [1.165, 1.54) is 12.1 Å². The van der Waals surface area contributed by atoms with Crippen molar-refractivity contribution in [3.8, 4) is 0 Å². The number of primary sulfonamides is 1. The van der Waals surface area contributed by atoms with Crippen LogP contribution in [0.4, 0.5) is 0 Å². The minimum Gasteiger partial charge on any atom is -0.423 e. The van der Waals surface area contributed by atoms with Crippen LogP contribution >= 0.6 is 0 Å². The van der Waals surface area contributed by atoms with Crippen molar-refractivity contribution in [2.24, 2.45) is 5.14 Å². The average Bonchev–Trinajstić information content (AvgIpc) is 2.66. The Morgan fingerprint density at radius 3 is 2.60 bits per heavy atom. The van der Waals surface area contributed by atoms with Gasteiger partial charge in [0, 0.05) is 17.4 Å². The summed E-state index contributed by atoms with van der Waals surface area (Å²) in [6.07, 6.45) is 0.343. The average molecular weight is 429 g/mol. The Labute approximate surface area is 175 Å². The standard InChI is InChI=1S/C22H24N2O5S/c1-13-7-8-18-14(2)19(22(26)29-20(18)11-13)9-10-21(25)24-15(3)16-5-4-6-17(12-16)30(23,27)28/h4-8,11-12,15H,9-10H2,1-3H3,(H,24,25)(H2,23,27,28)/t15-/m1/s1. The summed E-state index contributed by atoms with van der Waals surface area (Å²) in [6.45, 7) is 5.52. The summed E-state index contributed by atoms with van der Waals surface area (Å²) >= 11 is 0. The van der Waals surface area contributed by atoms with Gasteiger partial charge in [0.1, 0.15) is 5.58 Å². The Morgan fingerprint density at radius 2 is 1.90 bits per heavy atom. The minimum atomic E-state index is -3.82. The highest BCUT2D eigenvalue weighted by atomic mass is 32.2. The summed E-state index contributed by atoms with van der Waals surface area (Å²) in [5.74, 6) is -0.258. The van der Waals surface area contributed by atoms with Crippen LogP contribution in [-0.2, 0) is 21.2 Å². The lowest BCUT2D eigenvalue weighted by molar-refractivity contribution is -0.121. The van der Waals surface area contributed by atoms with E-state index >= 15 is 0 Å². The molecule has 0 aliphatic carbocycles. The number of benzene rings is 2. The Bertz CT molecular complexity index is 1280. The molecular weight excluding hydrogens is 404 g/mol. The summed E-state index contributed by atoms with van der Waals surface area (Å²) in [6, 6.07) is 11.4. The number of aryl methyl sites for hydroxylation is 2. The van der Waals surface area contributed by atoms with Crippen LogP contribution in [0.25, 0.3) is 11.0 Å². The molecule has 0 saturated carbocycles. The van der Waals surface area contributed by atoms with Crippen LogP contribution in [-0.4, -0.2) is 14.3 Å². The maximum absolute atomic E-state index is 12.4. The van der Waals surface area contributed by atoms with Gasteiger partial charge in [-0.3, -0.25) is 4.79 Å². The van der Waals surface area contributed by atoms with Gasteiger partial charge in [-0.05, 0) is 62.1 Å². The lowest BCUT2D eigenvalue weighted by atomic mass is 10.0. The molecule has 0 fully saturated rings. The predicted molar refractivity (Wildman–Crippen MR) is 115 cm³/mol. The van der Waals surface area contributed by atoms with Gasteiger partial charge in [-0.1, -0.05) is 24.3 Å². The van der Waals surface area contributed by atoms with Gasteiger partial charge in [0.25, 0.3) is 0 Å². The summed E-state index contributed by atoms with van der Waals surface area (Å²) in [7, 11) is -3.82. The molecule has 1 atom stereocenters. The molecule has 0 saturated heterocycles. The van der Waals surface area contributed by atoms with Crippen LogP contribution in [0.2, 0.25) is 0 Å². The normalized spacial score (nSPS) is 12.7. The number of carbonyl (C=O) groups is 1. The van der Waals surface area contributed by atoms with Crippen molar-refractivity contribution in [3.05, 3.63) is 75.1 Å². The first-order valence-electron chi connectivity index (χ1n) is 9.51. The first kappa shape index (κ1) is 21.7. The number of amides is 1. The molecule has 30 heavy (non-hydrogen) atoms. The van der Waals surface area contributed by atoms with Crippen molar-refractivity contribution in [3.63, 3.8) is 0 Å². The van der Waals surface area contributed by atoms with Crippen LogP contribution < -0.4 is 16.1 Å². The van der Waals surface area contributed by atoms with Gasteiger partial charge in [-0.25, -0.2) is 18.4 Å². The molecule has 3 N–H and O–H groups in total. The van der Waals surface area contributed by atoms with Crippen LogP contribution in [0.15, 0.2) is 56.6 Å². The molecule has 0 radical (unpaired) electrons. The number of sulfonamides is 1. The zero-order chi connectivity index (χ0) is 22.1. The number of hydrogen-bond donors (Lipinski definition) is 2. The molecule has 3 rings (SSSR count). The van der Waals surface area contributed by atoms with Crippen molar-refractivity contribution < 1.29 is 17.6 Å². The Morgan fingerprint density at radius 1 is 1.17 bits per heavy atom. The highest BCUT2D eigenvalue weighted by molar-refractivity contribution is 7.89. The van der Waals surface area contributed by atoms with Crippen molar-refractivity contribution >= 4 is 26.9 Å². The fourth-order valence-corrected chi connectivity index (χ4v) is 3.96. The van der Waals surface area contributed by atoms with Crippen molar-refractivity contribution in [2.75, 3.05) is 0 Å². The van der Waals surface area contributed by atoms with Crippen LogP contribution in [0.3, 0.4) is 0 Å². The molecule has 2 aromatic carbocycles. The summed E-state index contributed by atoms with van der Waals surface area (Å²) in [5, 5.41) is 8.83. The number of carbonyl (C=O) groups excluding carboxylic acids is 1. The maximum atomic E-state index is 12.4. The van der Waals surface area contributed by atoms with Gasteiger partial charge in [0.15, 0.2) is 0 Å². The lowest BCUT2D eigenvalue weighted by Crippen LogP contribution is -2.27. The van der Waals surface area contributed by atoms with E-state index in [0.717, 1.165) is 16.5 Å². The fourth-order valence-electron chi connectivity index (χ4n) is 3.39. The molecule has 0 bridgehead atoms. The predicted octanol–water partition coefficient (Wildman–Crippen LogP) is 2.87. The topological polar surface area (TPSA) is 119 Å². The van der Waals surface area contributed by atoms with Crippen molar-refractivity contribution in [1.82, 2.24) is 5.32 Å². The lowest BCUT2D eigenvalue weighted by Gasteiger charge is -2.15. The molecular formula is C22H24N2O5S. The van der Waals surface area contributed by atoms with Gasteiger partial charge >= 0.3 is 5.63 Å². The fraction of sp³-hybridized carbons (Fsp3) is 0.273. The monoisotopic (exact) mass is 428 g/mol. The molecule has 0 aliphatic rings. The van der Waals surface area contributed by atoms with E-state index < -0.39 is 21.7 Å². The smallest absolute Gasteiger partial charge is 0.339 e. The molecule has 0 unspecified atom stereocenters. The Hall–Kier alpha value is -2.97. The van der Waals surface area contributed by atoms with Gasteiger partial charge in [-0.2, -0.15) is 0 Å². The number of rotatable bonds is 6. The van der Waals surface area contributed by atoms with Crippen molar-refractivity contribution in [1.29, 1.82) is 0 Å². The minimum absolute atomic E-state index is 0.0132. The van der Waals surface area contributed by atoms with Gasteiger partial charge in [0.05, 0.1) is 10.9 Å². The molecule has 1 aromatic heterocycles. The second-order valence-corrected chi connectivity index (χ2v) is 8.96. The van der Waals surface area contributed by atoms with Crippen LogP contribution in [0, 0.1) is 13.8 Å². The van der Waals surface area contributed by atoms with E-state index in [9.17, 15) is 18.0 Å². The van der Waals surface area contributed by atoms with E-state index in [0.29, 0.717) is 16.7 Å². The van der Waals surface area contributed by atoms with E-state index in [1.54, 1.807) is 19.1 Å². The molecule has 158 valence electrons. The van der Waals surface area contributed by atoms with Gasteiger partial charge in [-0.15, -0.1) is 0 Å². The zero-order valence-electron chi connectivity index (χ0n) is 17.1. The summed E-state index contributed by atoms with van der Waals surface area (Å²) in [4.78, 5) is 24.8. The summed E-state index contributed by atoms with van der Waals surface area (Å²) in [5.41, 5.74) is 3.00. The Kier molecular flexibility index (Phi) is 6.09. The third-order valence-electron chi connectivity index (χ3n) is 5.11. The summed E-state index contributed by atoms with van der Waals surface area (Å²) < 4.78 is 28.5. The van der Waals surface area contributed by atoms with Crippen LogP contribution in [0.1, 0.15) is 41.6 Å². The molecule has 7 nitrogen and oxygen atoms in total. The third kappa shape index (κ3) is 4.77. The van der Waals surface area contributed by atoms with E-state index in [4.69, 9.17) is 9.56 Å². The zero-order valence-corrected chi connectivity index (χ0v) is 17.9. The number of nitrogens with two attached hydrogens (primary N) is 1. The maximum Gasteiger partial charge on any atom is 0.339 e. The molecule has 1 heterocycles. The third-order valence-corrected chi connectivity index (χ3v) is 6.02. The second-order valence-electron chi connectivity index (χ2n) is 7.40. The van der Waals surface area contributed by atoms with Gasteiger partial charge < -0.3 is 9.73 Å². The first-order chi connectivity index (χ1) is 14.1. The quantitative estimate of drug-likeness (QED) is 0.585. The molecule has 0 spiro atoms. The Balaban J connectivity index is 1.72. The van der Waals surface area contributed by atoms with Crippen LogP contribution in [0.5, 0.6) is 0 Å². The molecule has 0 aliphatic heterocycles. The first-order valence-corrected chi connectivity index (χ1v) is 11.1. The molecule has 8 heteroatoms. The molecule has 3 aromatic rings. The second kappa shape index (κ2) is 8.41. The molecule has 1 amide bonds. The van der Waals surface area contributed by atoms with E-state index in [1.807, 2.05) is 32.0 Å². The highest BCUT2D eigenvalue weighted by Gasteiger charge is 2.16.